The standard InChI is InChI=1S/C13H7ClF2/c14-13-11-5-7-1-2-8(15)6-10(7)9(11)3-4-12(13)16/h1-4,6H,5H2. The lowest BCUT2D eigenvalue weighted by Crippen LogP contribution is -1.86. The van der Waals surface area contributed by atoms with E-state index in [2.05, 4.69) is 0 Å². The van der Waals surface area contributed by atoms with Gasteiger partial charge in [0.15, 0.2) is 0 Å². The van der Waals surface area contributed by atoms with Crippen molar-refractivity contribution in [3.05, 3.63) is 58.1 Å². The highest BCUT2D eigenvalue weighted by molar-refractivity contribution is 6.32. The van der Waals surface area contributed by atoms with Crippen LogP contribution >= 0.6 is 11.6 Å². The van der Waals surface area contributed by atoms with E-state index in [0.29, 0.717) is 6.42 Å². The smallest absolute Gasteiger partial charge is 0.142 e. The van der Waals surface area contributed by atoms with Gasteiger partial charge < -0.3 is 0 Å². The van der Waals surface area contributed by atoms with Gasteiger partial charge in [-0.3, -0.25) is 0 Å². The molecule has 0 saturated carbocycles. The molecule has 2 aromatic carbocycles. The Bertz CT molecular complexity index is 591. The minimum Gasteiger partial charge on any atom is -0.207 e. The van der Waals surface area contributed by atoms with Crippen LogP contribution in [0.2, 0.25) is 5.02 Å². The lowest BCUT2D eigenvalue weighted by atomic mass is 10.1. The third-order valence-corrected chi connectivity index (χ3v) is 3.33. The van der Waals surface area contributed by atoms with E-state index in [1.165, 1.54) is 18.2 Å². The van der Waals surface area contributed by atoms with Crippen LogP contribution in [0, 0.1) is 11.6 Å². The summed E-state index contributed by atoms with van der Waals surface area (Å²) in [5.74, 6) is -0.708. The molecule has 0 fully saturated rings. The van der Waals surface area contributed by atoms with Crippen molar-refractivity contribution in [3.8, 4) is 11.1 Å². The predicted octanol–water partition coefficient (Wildman–Crippen LogP) is 4.19. The van der Waals surface area contributed by atoms with Gasteiger partial charge in [0.1, 0.15) is 11.6 Å². The van der Waals surface area contributed by atoms with E-state index in [4.69, 9.17) is 11.6 Å². The molecule has 0 atom stereocenters. The molecule has 3 rings (SSSR count). The van der Waals surface area contributed by atoms with Crippen molar-refractivity contribution in [1.29, 1.82) is 0 Å². The Morgan fingerprint density at radius 1 is 1.00 bits per heavy atom. The van der Waals surface area contributed by atoms with E-state index in [1.54, 1.807) is 12.1 Å². The second-order valence-electron chi connectivity index (χ2n) is 3.87. The van der Waals surface area contributed by atoms with E-state index >= 15 is 0 Å². The molecule has 0 radical (unpaired) electrons. The summed E-state index contributed by atoms with van der Waals surface area (Å²) in [4.78, 5) is 0. The van der Waals surface area contributed by atoms with Gasteiger partial charge >= 0.3 is 0 Å². The Morgan fingerprint density at radius 3 is 2.62 bits per heavy atom. The number of rotatable bonds is 0. The van der Waals surface area contributed by atoms with Crippen molar-refractivity contribution in [1.82, 2.24) is 0 Å². The first-order valence-corrected chi connectivity index (χ1v) is 5.30. The molecule has 0 amide bonds. The summed E-state index contributed by atoms with van der Waals surface area (Å²) >= 11 is 5.90. The molecule has 3 heteroatoms. The van der Waals surface area contributed by atoms with E-state index in [0.717, 1.165) is 22.3 Å². The van der Waals surface area contributed by atoms with E-state index in [1.807, 2.05) is 0 Å². The summed E-state index contributed by atoms with van der Waals surface area (Å²) in [5, 5.41) is 0.147. The fourth-order valence-corrected chi connectivity index (χ4v) is 2.39. The van der Waals surface area contributed by atoms with Crippen molar-refractivity contribution in [2.75, 3.05) is 0 Å². The van der Waals surface area contributed by atoms with Gasteiger partial charge in [0.25, 0.3) is 0 Å². The van der Waals surface area contributed by atoms with Crippen LogP contribution in [0.4, 0.5) is 8.78 Å². The molecular formula is C13H7ClF2. The highest BCUT2D eigenvalue weighted by Gasteiger charge is 2.22. The molecule has 16 heavy (non-hydrogen) atoms. The number of hydrogen-bond donors (Lipinski definition) is 0. The summed E-state index contributed by atoms with van der Waals surface area (Å²) in [6.07, 6.45) is 0.571. The zero-order chi connectivity index (χ0) is 11.3. The summed E-state index contributed by atoms with van der Waals surface area (Å²) in [6.45, 7) is 0. The van der Waals surface area contributed by atoms with Gasteiger partial charge in [0.05, 0.1) is 5.02 Å². The van der Waals surface area contributed by atoms with E-state index < -0.39 is 5.82 Å². The molecular weight excluding hydrogens is 230 g/mol. The Balaban J connectivity index is 2.30. The van der Waals surface area contributed by atoms with Gasteiger partial charge in [-0.2, -0.15) is 0 Å². The zero-order valence-corrected chi connectivity index (χ0v) is 8.98. The first-order valence-electron chi connectivity index (χ1n) is 4.92. The molecule has 0 spiro atoms. The Kier molecular flexibility index (Phi) is 2.01. The maximum Gasteiger partial charge on any atom is 0.142 e. The number of hydrogen-bond acceptors (Lipinski definition) is 0. The van der Waals surface area contributed by atoms with Gasteiger partial charge in [0, 0.05) is 6.42 Å². The molecule has 0 unspecified atom stereocenters. The predicted molar refractivity (Wildman–Crippen MR) is 59.6 cm³/mol. The summed E-state index contributed by atoms with van der Waals surface area (Å²) in [5.41, 5.74) is 3.39. The minimum atomic E-state index is -0.423. The van der Waals surface area contributed by atoms with Gasteiger partial charge in [-0.1, -0.05) is 23.7 Å². The maximum atomic E-state index is 13.3. The zero-order valence-electron chi connectivity index (χ0n) is 8.23. The number of fused-ring (bicyclic) bond motifs is 3. The van der Waals surface area contributed by atoms with Gasteiger partial charge in [0.2, 0.25) is 0 Å². The SMILES string of the molecule is Fc1ccc2c(c1)-c1ccc(F)c(Cl)c1C2. The molecule has 0 heterocycles. The molecule has 0 nitrogen and oxygen atoms in total. The monoisotopic (exact) mass is 236 g/mol. The first kappa shape index (κ1) is 9.79. The van der Waals surface area contributed by atoms with E-state index in [-0.39, 0.29) is 10.8 Å². The molecule has 1 aliphatic carbocycles. The van der Waals surface area contributed by atoms with Crippen LogP contribution in [0.15, 0.2) is 30.3 Å². The average molecular weight is 237 g/mol. The molecule has 80 valence electrons. The van der Waals surface area contributed by atoms with Crippen molar-refractivity contribution in [2.24, 2.45) is 0 Å². The van der Waals surface area contributed by atoms with Crippen LogP contribution in [0.5, 0.6) is 0 Å². The van der Waals surface area contributed by atoms with Crippen LogP contribution in [0.1, 0.15) is 11.1 Å². The van der Waals surface area contributed by atoms with Crippen molar-refractivity contribution < 1.29 is 8.78 Å². The number of halogens is 3. The van der Waals surface area contributed by atoms with Crippen LogP contribution in [0.25, 0.3) is 11.1 Å². The van der Waals surface area contributed by atoms with Gasteiger partial charge in [-0.05, 0) is 40.5 Å². The van der Waals surface area contributed by atoms with Gasteiger partial charge in [-0.15, -0.1) is 0 Å². The van der Waals surface area contributed by atoms with E-state index in [9.17, 15) is 8.78 Å². The Hall–Kier alpha value is -1.41. The second-order valence-corrected chi connectivity index (χ2v) is 4.24. The first-order chi connectivity index (χ1) is 7.66. The quantitative estimate of drug-likeness (QED) is 0.549. The summed E-state index contributed by atoms with van der Waals surface area (Å²) < 4.78 is 26.4. The van der Waals surface area contributed by atoms with Gasteiger partial charge in [-0.25, -0.2) is 8.78 Å². The Morgan fingerprint density at radius 2 is 1.81 bits per heavy atom. The third kappa shape index (κ3) is 1.26. The second kappa shape index (κ2) is 3.29. The molecule has 0 aromatic heterocycles. The average Bonchev–Trinajstić information content (AvgIpc) is 2.62. The molecule has 2 aromatic rings. The van der Waals surface area contributed by atoms with Crippen LogP contribution in [-0.2, 0) is 6.42 Å². The van der Waals surface area contributed by atoms with Crippen LogP contribution < -0.4 is 0 Å². The number of benzene rings is 2. The highest BCUT2D eigenvalue weighted by atomic mass is 35.5. The fraction of sp³-hybridized carbons (Fsp3) is 0.0769. The topological polar surface area (TPSA) is 0 Å². The van der Waals surface area contributed by atoms with Crippen LogP contribution in [0.3, 0.4) is 0 Å². The van der Waals surface area contributed by atoms with Crippen molar-refractivity contribution in [3.63, 3.8) is 0 Å². The Labute approximate surface area is 96.5 Å². The fourth-order valence-electron chi connectivity index (χ4n) is 2.16. The lowest BCUT2D eigenvalue weighted by molar-refractivity contribution is 0.627. The normalized spacial score (nSPS) is 12.4. The van der Waals surface area contributed by atoms with Crippen molar-refractivity contribution in [2.45, 2.75) is 6.42 Å². The lowest BCUT2D eigenvalue weighted by Gasteiger charge is -2.03. The molecule has 0 aliphatic heterocycles. The summed E-state index contributed by atoms with van der Waals surface area (Å²) in [6, 6.07) is 7.58. The molecule has 0 saturated heterocycles. The molecule has 1 aliphatic rings. The summed E-state index contributed by atoms with van der Waals surface area (Å²) in [7, 11) is 0. The highest BCUT2D eigenvalue weighted by Crippen LogP contribution is 2.41. The van der Waals surface area contributed by atoms with Crippen molar-refractivity contribution >= 4 is 11.6 Å². The minimum absolute atomic E-state index is 0.147. The largest absolute Gasteiger partial charge is 0.207 e. The van der Waals surface area contributed by atoms with Crippen LogP contribution in [-0.4, -0.2) is 0 Å². The molecule has 0 N–H and O–H groups in total. The molecule has 0 bridgehead atoms. The maximum absolute atomic E-state index is 13.3. The third-order valence-electron chi connectivity index (χ3n) is 2.93.